The van der Waals surface area contributed by atoms with Crippen molar-refractivity contribution in [2.75, 3.05) is 13.2 Å². The summed E-state index contributed by atoms with van der Waals surface area (Å²) in [6.07, 6.45) is -19.2. The molecule has 0 aromatic heterocycles. The van der Waals surface area contributed by atoms with Crippen molar-refractivity contribution in [3.8, 4) is 0 Å². The van der Waals surface area contributed by atoms with E-state index in [2.05, 4.69) is 76.7 Å². The maximum Gasteiger partial charge on any atom is 0.431 e. The average Bonchev–Trinajstić information content (AvgIpc) is 2.94. The Bertz CT molecular complexity index is 1370. The maximum atomic E-state index is 13.3. The zero-order valence-electron chi connectivity index (χ0n) is 25.2. The largest absolute Gasteiger partial charge is 0.459 e. The van der Waals surface area contributed by atoms with Gasteiger partial charge in [0.25, 0.3) is 5.60 Å². The Hall–Kier alpha value is -2.49. The van der Waals surface area contributed by atoms with E-state index in [0.29, 0.717) is 0 Å². The van der Waals surface area contributed by atoms with E-state index in [9.17, 15) is 62.2 Å². The van der Waals surface area contributed by atoms with Gasteiger partial charge in [-0.05, 0) is 36.6 Å². The molecule has 0 heterocycles. The van der Waals surface area contributed by atoms with Crippen molar-refractivity contribution in [1.82, 2.24) is 0 Å². The maximum absolute atomic E-state index is 13.3. The number of alkyl halides is 10. The fraction of sp³-hybridized carbons (Fsp3) is 0.483. The number of aliphatic hydroxyl groups is 1. The Morgan fingerprint density at radius 2 is 1.29 bits per heavy atom. The van der Waals surface area contributed by atoms with Crippen LogP contribution in [0, 0.1) is 13.1 Å². The number of halogens is 11. The van der Waals surface area contributed by atoms with Crippen LogP contribution in [0.5, 0.6) is 0 Å². The zero-order valence-corrected chi connectivity index (χ0v) is 28.1. The van der Waals surface area contributed by atoms with E-state index in [4.69, 9.17) is 4.55 Å². The van der Waals surface area contributed by atoms with Gasteiger partial charge in [-0.2, -0.15) is 52.3 Å². The molecule has 2 aromatic carbocycles. The fourth-order valence-corrected chi connectivity index (χ4v) is 6.27. The van der Waals surface area contributed by atoms with Gasteiger partial charge in [0.15, 0.2) is 7.14 Å². The lowest BCUT2D eigenvalue weighted by Gasteiger charge is -2.35. The molecule has 0 saturated heterocycles. The fourth-order valence-electron chi connectivity index (χ4n) is 3.53. The summed E-state index contributed by atoms with van der Waals surface area (Å²) < 4.78 is 171. The van der Waals surface area contributed by atoms with Gasteiger partial charge in [0, 0.05) is 12.8 Å². The topological polar surface area (TPSA) is 110 Å². The minimum absolute atomic E-state index is 0.0287. The van der Waals surface area contributed by atoms with Crippen LogP contribution in [0.4, 0.5) is 43.9 Å². The van der Waals surface area contributed by atoms with E-state index in [-0.39, 0.29) is 21.2 Å². The van der Waals surface area contributed by atoms with E-state index in [1.54, 1.807) is 0 Å². The average molecular weight is 842 g/mol. The molecule has 0 aliphatic rings. The van der Waals surface area contributed by atoms with E-state index >= 15 is 0 Å². The Labute approximate surface area is 280 Å². The first-order valence-corrected chi connectivity index (χ1v) is 17.1. The van der Waals surface area contributed by atoms with Gasteiger partial charge < -0.3 is 14.6 Å². The molecule has 0 saturated carbocycles. The van der Waals surface area contributed by atoms with Crippen molar-refractivity contribution in [2.45, 2.75) is 68.3 Å². The van der Waals surface area contributed by atoms with Crippen molar-refractivity contribution in [3.05, 3.63) is 80.0 Å². The molecule has 0 radical (unpaired) electrons. The third-order valence-corrected chi connectivity index (χ3v) is 9.66. The molecule has 0 aliphatic heterocycles. The van der Waals surface area contributed by atoms with Crippen LogP contribution < -0.4 is 21.2 Å². The third-order valence-electron chi connectivity index (χ3n) is 6.03. The molecule has 0 spiro atoms. The summed E-state index contributed by atoms with van der Waals surface area (Å²) in [5.41, 5.74) is -6.08. The number of esters is 1. The van der Waals surface area contributed by atoms with Crippen LogP contribution >= 0.6 is 0 Å². The van der Waals surface area contributed by atoms with E-state index < -0.39 is 95.3 Å². The van der Waals surface area contributed by atoms with E-state index in [1.807, 2.05) is 0 Å². The molecular weight excluding hydrogens is 809 g/mol. The summed E-state index contributed by atoms with van der Waals surface area (Å²) >= 11 is 0.0287. The molecule has 0 bridgehead atoms. The summed E-state index contributed by atoms with van der Waals surface area (Å²) in [4.78, 5) is 12.0. The highest BCUT2D eigenvalue weighted by atomic mass is 127. The highest BCUT2D eigenvalue weighted by molar-refractivity contribution is 7.87. The van der Waals surface area contributed by atoms with Gasteiger partial charge >= 0.3 is 60.8 Å². The van der Waals surface area contributed by atoms with Gasteiger partial charge in [0.1, 0.15) is 6.10 Å². The Kier molecular flexibility index (Phi) is 15.8. The van der Waals surface area contributed by atoms with Crippen molar-refractivity contribution in [1.29, 1.82) is 0 Å². The second-order valence-corrected chi connectivity index (χ2v) is 15.0. The lowest BCUT2D eigenvalue weighted by molar-refractivity contribution is -0.597. The molecular formula is C29H32F10IO7S+. The van der Waals surface area contributed by atoms with Gasteiger partial charge in [-0.3, -0.25) is 4.55 Å². The molecule has 2 aromatic rings. The monoisotopic (exact) mass is 841 g/mol. The van der Waals surface area contributed by atoms with Gasteiger partial charge in [-0.1, -0.05) is 56.8 Å². The van der Waals surface area contributed by atoms with Crippen molar-refractivity contribution >= 4 is 16.1 Å². The van der Waals surface area contributed by atoms with Crippen molar-refractivity contribution < 1.29 is 97.5 Å². The number of rotatable bonds is 15. The molecule has 0 fully saturated rings. The predicted molar refractivity (Wildman–Crippen MR) is 147 cm³/mol. The molecule has 272 valence electrons. The molecule has 48 heavy (non-hydrogen) atoms. The third kappa shape index (κ3) is 12.8. The van der Waals surface area contributed by atoms with Crippen LogP contribution in [0.1, 0.15) is 33.1 Å². The van der Waals surface area contributed by atoms with Crippen LogP contribution in [-0.4, -0.2) is 72.5 Å². The van der Waals surface area contributed by atoms with Crippen LogP contribution in [-0.2, 0) is 24.4 Å². The number of hydrogen-bond donors (Lipinski definition) is 2. The van der Waals surface area contributed by atoms with Gasteiger partial charge in [0.05, 0.1) is 18.8 Å². The lowest BCUT2D eigenvalue weighted by Crippen LogP contribution is -3.61. The quantitative estimate of drug-likeness (QED) is 0.0696. The predicted octanol–water partition coefficient (Wildman–Crippen LogP) is 4.08. The van der Waals surface area contributed by atoms with E-state index in [1.165, 1.54) is 21.0 Å². The van der Waals surface area contributed by atoms with Crippen LogP contribution in [0.25, 0.3) is 0 Å². The number of carbonyl (C=O) groups excluding carboxylic acids is 1. The van der Waals surface area contributed by atoms with Gasteiger partial charge in [-0.25, -0.2) is 4.79 Å². The number of carbonyl (C=O) groups is 1. The Morgan fingerprint density at radius 1 is 0.854 bits per heavy atom. The SMILES string of the molecule is C=C(COCCC(F)(F)C(F)(F)S(=O)(=O)O)C(=O)OC(CC(C)C)CC(O)(C(F)(F)F)C(F)(F)F.c1ccc([I+]c2ccccc2)cc1. The standard InChI is InChI=1S/C17H22F10O7S.C12H10I/c1-9(2)6-11(7-13(29,15(20,21)22)16(23,24)25)34-12(28)10(3)8-33-5-4-14(18,19)17(26,27)35(30,31)32;1-3-7-11(8-4-1)13-12-9-5-2-6-10-12/h9,11,29H,3-8H2,1-2H3,(H,30,31,32);1-10H/q;+1. The second kappa shape index (κ2) is 17.4. The molecule has 19 heteroatoms. The molecule has 2 rings (SSSR count). The first kappa shape index (κ1) is 43.5. The summed E-state index contributed by atoms with van der Waals surface area (Å²) in [6, 6.07) is 21.4. The summed E-state index contributed by atoms with van der Waals surface area (Å²) in [7, 11) is -6.50. The molecule has 1 unspecified atom stereocenters. The molecule has 0 amide bonds. The first-order valence-electron chi connectivity index (χ1n) is 13.5. The normalized spacial score (nSPS) is 13.8. The number of benzene rings is 2. The van der Waals surface area contributed by atoms with E-state index in [0.717, 1.165) is 0 Å². The molecule has 7 nitrogen and oxygen atoms in total. The minimum atomic E-state index is -6.50. The summed E-state index contributed by atoms with van der Waals surface area (Å²) in [5.74, 6) is -7.59. The van der Waals surface area contributed by atoms with Crippen LogP contribution in [0.3, 0.4) is 0 Å². The van der Waals surface area contributed by atoms with Gasteiger partial charge in [-0.15, -0.1) is 0 Å². The Balaban J connectivity index is 0.000000724. The molecule has 1 atom stereocenters. The summed E-state index contributed by atoms with van der Waals surface area (Å²) in [6.45, 7) is 3.30. The molecule has 2 N–H and O–H groups in total. The van der Waals surface area contributed by atoms with Gasteiger partial charge in [0.2, 0.25) is 0 Å². The first-order chi connectivity index (χ1) is 21.7. The lowest BCUT2D eigenvalue weighted by atomic mass is 9.90. The van der Waals surface area contributed by atoms with Crippen molar-refractivity contribution in [3.63, 3.8) is 0 Å². The second-order valence-electron chi connectivity index (χ2n) is 10.5. The van der Waals surface area contributed by atoms with Crippen LogP contribution in [0.2, 0.25) is 0 Å². The summed E-state index contributed by atoms with van der Waals surface area (Å²) in [5, 5.41) is 3.43. The van der Waals surface area contributed by atoms with Crippen molar-refractivity contribution in [2.24, 2.45) is 5.92 Å². The smallest absolute Gasteiger partial charge is 0.431 e. The minimum Gasteiger partial charge on any atom is -0.459 e. The Morgan fingerprint density at radius 3 is 1.67 bits per heavy atom. The molecule has 0 aliphatic carbocycles. The number of ether oxygens (including phenoxy) is 2. The van der Waals surface area contributed by atoms with Crippen LogP contribution in [0.15, 0.2) is 72.8 Å². The highest BCUT2D eigenvalue weighted by Crippen LogP contribution is 2.47. The zero-order chi connectivity index (χ0) is 37.2. The number of hydrogen-bond acceptors (Lipinski definition) is 6. The highest BCUT2D eigenvalue weighted by Gasteiger charge is 2.71.